The van der Waals surface area contributed by atoms with E-state index in [9.17, 15) is 9.18 Å². The van der Waals surface area contributed by atoms with Gasteiger partial charge in [-0.15, -0.1) is 5.10 Å². The maximum atomic E-state index is 13.7. The fourth-order valence-electron chi connectivity index (χ4n) is 2.34. The third-order valence-electron chi connectivity index (χ3n) is 3.64. The number of ether oxygens (including phenoxy) is 1. The van der Waals surface area contributed by atoms with E-state index in [0.29, 0.717) is 17.1 Å². The van der Waals surface area contributed by atoms with Gasteiger partial charge < -0.3 is 10.1 Å². The molecule has 0 aliphatic rings. The van der Waals surface area contributed by atoms with E-state index >= 15 is 0 Å². The van der Waals surface area contributed by atoms with Crippen molar-refractivity contribution in [3.05, 3.63) is 65.7 Å². The van der Waals surface area contributed by atoms with E-state index in [0.717, 1.165) is 0 Å². The number of carbonyl (C=O) groups is 1. The third-order valence-corrected chi connectivity index (χ3v) is 3.64. The Hall–Kier alpha value is -3.29. The van der Waals surface area contributed by atoms with Crippen LogP contribution >= 0.6 is 0 Å². The van der Waals surface area contributed by atoms with Crippen molar-refractivity contribution in [2.24, 2.45) is 0 Å². The lowest BCUT2D eigenvalue weighted by Gasteiger charge is -2.10. The molecule has 0 spiro atoms. The number of para-hydroxylation sites is 1. The molecule has 0 unspecified atom stereocenters. The molecule has 1 aromatic heterocycles. The summed E-state index contributed by atoms with van der Waals surface area (Å²) in [5.41, 5.74) is 0.481. The lowest BCUT2D eigenvalue weighted by atomic mass is 10.2. The number of nitrogens with one attached hydrogen (secondary N) is 1. The second-order valence-electron chi connectivity index (χ2n) is 5.88. The lowest BCUT2D eigenvalue weighted by Crippen LogP contribution is -2.13. The maximum Gasteiger partial charge on any atom is 0.255 e. The molecule has 0 aliphatic carbocycles. The number of hydrogen-bond acceptors (Lipinski definition) is 5. The molecular weight excluding hydrogens is 337 g/mol. The molecule has 0 aliphatic heterocycles. The Labute approximate surface area is 149 Å². The molecular formula is C18H18FN5O2. The Bertz CT molecular complexity index is 910. The van der Waals surface area contributed by atoms with E-state index < -0.39 is 11.7 Å². The van der Waals surface area contributed by atoms with Gasteiger partial charge in [-0.25, -0.2) is 9.07 Å². The Kier molecular flexibility index (Phi) is 5.21. The molecule has 0 saturated heterocycles. The first-order valence-corrected chi connectivity index (χ1v) is 8.10. The Morgan fingerprint density at radius 3 is 2.81 bits per heavy atom. The molecule has 134 valence electrons. The first-order chi connectivity index (χ1) is 12.5. The highest BCUT2D eigenvalue weighted by molar-refractivity contribution is 6.04. The number of rotatable bonds is 6. The summed E-state index contributed by atoms with van der Waals surface area (Å²) in [6.45, 7) is 4.10. The van der Waals surface area contributed by atoms with Gasteiger partial charge in [0.25, 0.3) is 5.91 Å². The number of hydrogen-bond donors (Lipinski definition) is 1. The lowest BCUT2D eigenvalue weighted by molar-refractivity contribution is 0.102. The third kappa shape index (κ3) is 4.02. The van der Waals surface area contributed by atoms with Crippen LogP contribution in [0.1, 0.15) is 36.1 Å². The molecule has 0 saturated carbocycles. The number of amides is 1. The van der Waals surface area contributed by atoms with Crippen LogP contribution in [0, 0.1) is 5.82 Å². The summed E-state index contributed by atoms with van der Waals surface area (Å²) in [5, 5.41) is 14.0. The highest BCUT2D eigenvalue weighted by atomic mass is 19.1. The quantitative estimate of drug-likeness (QED) is 0.734. The Morgan fingerprint density at radius 1 is 1.23 bits per heavy atom. The predicted molar refractivity (Wildman–Crippen MR) is 93.3 cm³/mol. The highest BCUT2D eigenvalue weighted by Gasteiger charge is 2.12. The van der Waals surface area contributed by atoms with Crippen molar-refractivity contribution in [3.8, 4) is 5.75 Å². The monoisotopic (exact) mass is 355 g/mol. The summed E-state index contributed by atoms with van der Waals surface area (Å²) in [6.07, 6.45) is 0. The second kappa shape index (κ2) is 7.73. The molecule has 8 heteroatoms. The average Bonchev–Trinajstić information content (AvgIpc) is 3.11. The molecule has 0 bridgehead atoms. The van der Waals surface area contributed by atoms with Crippen LogP contribution in [0.4, 0.5) is 10.1 Å². The standard InChI is InChI=1S/C18H18FN5O2/c1-12(2)24-17(21-22-23-24)11-26-14-7-5-6-13(10-14)18(25)20-16-9-4-3-8-15(16)19/h3-10,12H,11H2,1-2H3,(H,20,25). The highest BCUT2D eigenvalue weighted by Crippen LogP contribution is 2.18. The molecule has 1 N–H and O–H groups in total. The molecule has 1 amide bonds. The number of aromatic nitrogens is 4. The zero-order valence-electron chi connectivity index (χ0n) is 14.4. The van der Waals surface area contributed by atoms with Crippen LogP contribution in [0.2, 0.25) is 0 Å². The molecule has 0 atom stereocenters. The second-order valence-corrected chi connectivity index (χ2v) is 5.88. The van der Waals surface area contributed by atoms with Crippen LogP contribution < -0.4 is 10.1 Å². The molecule has 0 radical (unpaired) electrons. The van der Waals surface area contributed by atoms with Gasteiger partial charge in [0.2, 0.25) is 0 Å². The molecule has 2 aromatic carbocycles. The predicted octanol–water partition coefficient (Wildman–Crippen LogP) is 3.22. The fourth-order valence-corrected chi connectivity index (χ4v) is 2.34. The minimum Gasteiger partial charge on any atom is -0.486 e. The van der Waals surface area contributed by atoms with E-state index in [4.69, 9.17) is 4.74 Å². The average molecular weight is 355 g/mol. The zero-order chi connectivity index (χ0) is 18.5. The van der Waals surface area contributed by atoms with E-state index in [-0.39, 0.29) is 18.3 Å². The van der Waals surface area contributed by atoms with Gasteiger partial charge in [-0.05, 0) is 54.6 Å². The summed E-state index contributed by atoms with van der Waals surface area (Å²) in [5.74, 6) is 0.159. The van der Waals surface area contributed by atoms with Crippen LogP contribution in [0.25, 0.3) is 0 Å². The van der Waals surface area contributed by atoms with Gasteiger partial charge in [0.05, 0.1) is 11.7 Å². The normalized spacial score (nSPS) is 10.8. The van der Waals surface area contributed by atoms with Crippen LogP contribution in [0.15, 0.2) is 48.5 Å². The first-order valence-electron chi connectivity index (χ1n) is 8.10. The summed E-state index contributed by atoms with van der Waals surface area (Å²) >= 11 is 0. The van der Waals surface area contributed by atoms with Crippen molar-refractivity contribution in [2.75, 3.05) is 5.32 Å². The SMILES string of the molecule is CC(C)n1nnnc1COc1cccc(C(=O)Nc2ccccc2F)c1. The molecule has 3 rings (SSSR count). The van der Waals surface area contributed by atoms with Gasteiger partial charge in [-0.3, -0.25) is 4.79 Å². The van der Waals surface area contributed by atoms with Gasteiger partial charge >= 0.3 is 0 Å². The van der Waals surface area contributed by atoms with Gasteiger partial charge in [0.1, 0.15) is 18.2 Å². The zero-order valence-corrected chi connectivity index (χ0v) is 14.4. The van der Waals surface area contributed by atoms with Crippen molar-refractivity contribution in [2.45, 2.75) is 26.5 Å². The van der Waals surface area contributed by atoms with E-state index in [1.807, 2.05) is 13.8 Å². The molecule has 1 heterocycles. The number of carbonyl (C=O) groups excluding carboxylic acids is 1. The topological polar surface area (TPSA) is 81.9 Å². The Morgan fingerprint density at radius 2 is 2.04 bits per heavy atom. The van der Waals surface area contributed by atoms with Gasteiger partial charge in [0.15, 0.2) is 5.82 Å². The van der Waals surface area contributed by atoms with Crippen LogP contribution in [0.3, 0.4) is 0 Å². The number of halogens is 1. The van der Waals surface area contributed by atoms with Crippen LogP contribution in [0.5, 0.6) is 5.75 Å². The summed E-state index contributed by atoms with van der Waals surface area (Å²) in [6, 6.07) is 12.7. The summed E-state index contributed by atoms with van der Waals surface area (Å²) < 4.78 is 21.0. The minimum atomic E-state index is -0.492. The van der Waals surface area contributed by atoms with Crippen molar-refractivity contribution in [1.29, 1.82) is 0 Å². The van der Waals surface area contributed by atoms with Crippen molar-refractivity contribution < 1.29 is 13.9 Å². The molecule has 0 fully saturated rings. The van der Waals surface area contributed by atoms with Crippen molar-refractivity contribution in [1.82, 2.24) is 20.2 Å². The fraction of sp³-hybridized carbons (Fsp3) is 0.222. The van der Waals surface area contributed by atoms with Gasteiger partial charge in [-0.1, -0.05) is 18.2 Å². The van der Waals surface area contributed by atoms with Gasteiger partial charge in [0, 0.05) is 5.56 Å². The molecule has 3 aromatic rings. The molecule has 7 nitrogen and oxygen atoms in total. The van der Waals surface area contributed by atoms with Crippen LogP contribution in [-0.2, 0) is 6.61 Å². The Balaban J connectivity index is 1.69. The number of anilines is 1. The summed E-state index contributed by atoms with van der Waals surface area (Å²) in [7, 11) is 0. The number of benzene rings is 2. The first kappa shape index (κ1) is 17.5. The van der Waals surface area contributed by atoms with Crippen LogP contribution in [-0.4, -0.2) is 26.1 Å². The van der Waals surface area contributed by atoms with Crippen molar-refractivity contribution >= 4 is 11.6 Å². The van der Waals surface area contributed by atoms with Gasteiger partial charge in [-0.2, -0.15) is 0 Å². The number of nitrogens with zero attached hydrogens (tertiary/aromatic N) is 4. The number of tetrazole rings is 1. The maximum absolute atomic E-state index is 13.7. The van der Waals surface area contributed by atoms with E-state index in [2.05, 4.69) is 20.8 Å². The largest absolute Gasteiger partial charge is 0.486 e. The molecule has 26 heavy (non-hydrogen) atoms. The minimum absolute atomic E-state index is 0.112. The van der Waals surface area contributed by atoms with E-state index in [1.165, 1.54) is 12.1 Å². The summed E-state index contributed by atoms with van der Waals surface area (Å²) in [4.78, 5) is 12.3. The van der Waals surface area contributed by atoms with E-state index in [1.54, 1.807) is 41.1 Å². The van der Waals surface area contributed by atoms with Crippen molar-refractivity contribution in [3.63, 3.8) is 0 Å². The smallest absolute Gasteiger partial charge is 0.255 e.